The van der Waals surface area contributed by atoms with E-state index in [1.165, 1.54) is 0 Å². The molecule has 1 aliphatic heterocycles. The van der Waals surface area contributed by atoms with E-state index >= 15 is 0 Å². The van der Waals surface area contributed by atoms with Crippen molar-refractivity contribution in [2.45, 2.75) is 31.5 Å². The fourth-order valence-corrected chi connectivity index (χ4v) is 3.67. The average Bonchev–Trinajstić information content (AvgIpc) is 2.93. The third kappa shape index (κ3) is 4.15. The highest BCUT2D eigenvalue weighted by molar-refractivity contribution is 6.30. The number of benzene rings is 2. The molecular formula is C21H23ClN2O3. The molecule has 5 nitrogen and oxygen atoms in total. The average molecular weight is 387 g/mol. The minimum absolute atomic E-state index is 0.0543. The minimum atomic E-state index is -0.576. The number of rotatable bonds is 6. The molecule has 0 spiro atoms. The van der Waals surface area contributed by atoms with Crippen LogP contribution in [-0.2, 0) is 16.0 Å². The van der Waals surface area contributed by atoms with Gasteiger partial charge in [-0.2, -0.15) is 0 Å². The van der Waals surface area contributed by atoms with E-state index in [2.05, 4.69) is 0 Å². The molecule has 142 valence electrons. The molecule has 1 unspecified atom stereocenters. The van der Waals surface area contributed by atoms with Crippen molar-refractivity contribution in [3.63, 3.8) is 0 Å². The molecule has 1 aliphatic rings. The van der Waals surface area contributed by atoms with Gasteiger partial charge < -0.3 is 14.9 Å². The van der Waals surface area contributed by atoms with Crippen LogP contribution in [0.15, 0.2) is 54.6 Å². The Balaban J connectivity index is 1.95. The second kappa shape index (κ2) is 8.55. The summed E-state index contributed by atoms with van der Waals surface area (Å²) in [6.45, 7) is -0.0543. The second-order valence-electron chi connectivity index (χ2n) is 6.71. The number of carbonyl (C=O) groups is 2. The summed E-state index contributed by atoms with van der Waals surface area (Å²) < 4.78 is 0. The lowest BCUT2D eigenvalue weighted by atomic mass is 10.0. The molecule has 1 saturated heterocycles. The van der Waals surface area contributed by atoms with E-state index in [-0.39, 0.29) is 24.8 Å². The van der Waals surface area contributed by atoms with Crippen molar-refractivity contribution in [3.05, 3.63) is 70.7 Å². The van der Waals surface area contributed by atoms with Gasteiger partial charge in [0.05, 0.1) is 0 Å². The van der Waals surface area contributed by atoms with Crippen LogP contribution in [0.1, 0.15) is 30.1 Å². The van der Waals surface area contributed by atoms with Crippen LogP contribution in [0.4, 0.5) is 0 Å². The molecule has 2 atom stereocenters. The van der Waals surface area contributed by atoms with Gasteiger partial charge >= 0.3 is 0 Å². The standard InChI is InChI=1S/C21H23ClN2O3/c1-23-20(16-6-3-2-4-7-16)24(19(26)8-5-13-25)18(21(23)27)14-15-9-11-17(22)12-10-15/h2-4,6-7,9-12,18,20,25H,5,8,13-14H2,1H3/t18-,20?/m1/s1. The van der Waals surface area contributed by atoms with Crippen molar-refractivity contribution in [1.82, 2.24) is 9.80 Å². The third-order valence-corrected chi connectivity index (χ3v) is 5.13. The Bertz CT molecular complexity index is 795. The summed E-state index contributed by atoms with van der Waals surface area (Å²) in [5.74, 6) is -0.217. The molecule has 0 saturated carbocycles. The SMILES string of the molecule is CN1C(=O)[C@@H](Cc2ccc(Cl)cc2)N(C(=O)CCCO)C1c1ccccc1. The van der Waals surface area contributed by atoms with Crippen LogP contribution in [0.5, 0.6) is 0 Å². The second-order valence-corrected chi connectivity index (χ2v) is 7.14. The summed E-state index contributed by atoms with van der Waals surface area (Å²) in [4.78, 5) is 29.3. The number of halogens is 1. The highest BCUT2D eigenvalue weighted by Crippen LogP contribution is 2.35. The Morgan fingerprint density at radius 3 is 2.41 bits per heavy atom. The van der Waals surface area contributed by atoms with Gasteiger partial charge in [-0.25, -0.2) is 0 Å². The van der Waals surface area contributed by atoms with Gasteiger partial charge in [0.25, 0.3) is 0 Å². The van der Waals surface area contributed by atoms with E-state index in [0.29, 0.717) is 17.9 Å². The van der Waals surface area contributed by atoms with Crippen LogP contribution >= 0.6 is 11.6 Å². The largest absolute Gasteiger partial charge is 0.396 e. The monoisotopic (exact) mass is 386 g/mol. The molecule has 0 bridgehead atoms. The Morgan fingerprint density at radius 1 is 1.11 bits per heavy atom. The maximum atomic E-state index is 13.0. The van der Waals surface area contributed by atoms with E-state index in [9.17, 15) is 9.59 Å². The lowest BCUT2D eigenvalue weighted by Gasteiger charge is -2.30. The molecule has 1 fully saturated rings. The first kappa shape index (κ1) is 19.4. The Labute approximate surface area is 164 Å². The Hall–Kier alpha value is -2.37. The first-order chi connectivity index (χ1) is 13.0. The normalized spacial score (nSPS) is 19.6. The van der Waals surface area contributed by atoms with E-state index in [0.717, 1.165) is 11.1 Å². The maximum absolute atomic E-state index is 13.0. The summed E-state index contributed by atoms with van der Waals surface area (Å²) in [6.07, 6.45) is 0.567. The van der Waals surface area contributed by atoms with Crippen LogP contribution in [-0.4, -0.2) is 46.4 Å². The predicted octanol–water partition coefficient (Wildman–Crippen LogP) is 3.02. The lowest BCUT2D eigenvalue weighted by molar-refractivity contribution is -0.136. The highest BCUT2D eigenvalue weighted by Gasteiger charge is 2.46. The molecule has 2 aromatic rings. The van der Waals surface area contributed by atoms with Crippen LogP contribution in [0.3, 0.4) is 0 Å². The maximum Gasteiger partial charge on any atom is 0.247 e. The van der Waals surface area contributed by atoms with Crippen molar-refractivity contribution in [2.75, 3.05) is 13.7 Å². The number of nitrogens with zero attached hydrogens (tertiary/aromatic N) is 2. The molecule has 6 heteroatoms. The van der Waals surface area contributed by atoms with Crippen molar-refractivity contribution >= 4 is 23.4 Å². The summed E-state index contributed by atoms with van der Waals surface area (Å²) in [7, 11) is 1.73. The van der Waals surface area contributed by atoms with Crippen LogP contribution in [0.25, 0.3) is 0 Å². The Kier molecular flexibility index (Phi) is 6.14. The smallest absolute Gasteiger partial charge is 0.247 e. The van der Waals surface area contributed by atoms with Gasteiger partial charge in [0.1, 0.15) is 12.2 Å². The number of aliphatic hydroxyl groups is 1. The number of amides is 2. The number of carbonyl (C=O) groups excluding carboxylic acids is 2. The van der Waals surface area contributed by atoms with Crippen molar-refractivity contribution < 1.29 is 14.7 Å². The van der Waals surface area contributed by atoms with Gasteiger partial charge in [0.15, 0.2) is 0 Å². The molecule has 27 heavy (non-hydrogen) atoms. The van der Waals surface area contributed by atoms with Gasteiger partial charge in [-0.3, -0.25) is 9.59 Å². The van der Waals surface area contributed by atoms with Crippen LogP contribution < -0.4 is 0 Å². The molecule has 1 N–H and O–H groups in total. The van der Waals surface area contributed by atoms with Gasteiger partial charge in [0, 0.05) is 31.5 Å². The zero-order valence-electron chi connectivity index (χ0n) is 15.2. The molecule has 2 amide bonds. The third-order valence-electron chi connectivity index (χ3n) is 4.88. The van der Waals surface area contributed by atoms with E-state index in [4.69, 9.17) is 16.7 Å². The molecule has 0 radical (unpaired) electrons. The fourth-order valence-electron chi connectivity index (χ4n) is 3.54. The number of aliphatic hydroxyl groups excluding tert-OH is 1. The van der Waals surface area contributed by atoms with Crippen molar-refractivity contribution in [2.24, 2.45) is 0 Å². The summed E-state index contributed by atoms with van der Waals surface area (Å²) >= 11 is 5.96. The highest BCUT2D eigenvalue weighted by atomic mass is 35.5. The lowest BCUT2D eigenvalue weighted by Crippen LogP contribution is -2.41. The summed E-state index contributed by atoms with van der Waals surface area (Å²) in [6, 6.07) is 16.3. The molecule has 1 heterocycles. The zero-order chi connectivity index (χ0) is 19.4. The zero-order valence-corrected chi connectivity index (χ0v) is 16.0. The van der Waals surface area contributed by atoms with E-state index in [1.54, 1.807) is 29.0 Å². The molecular weight excluding hydrogens is 364 g/mol. The molecule has 2 aromatic carbocycles. The van der Waals surface area contributed by atoms with Gasteiger partial charge in [-0.15, -0.1) is 0 Å². The molecule has 0 aromatic heterocycles. The van der Waals surface area contributed by atoms with E-state index < -0.39 is 12.2 Å². The van der Waals surface area contributed by atoms with Gasteiger partial charge in [-0.05, 0) is 29.7 Å². The number of hydrogen-bond donors (Lipinski definition) is 1. The van der Waals surface area contributed by atoms with Gasteiger partial charge in [0.2, 0.25) is 11.8 Å². The first-order valence-electron chi connectivity index (χ1n) is 9.01. The first-order valence-corrected chi connectivity index (χ1v) is 9.39. The van der Waals surface area contributed by atoms with E-state index in [1.807, 2.05) is 42.5 Å². The van der Waals surface area contributed by atoms with Crippen LogP contribution in [0, 0.1) is 0 Å². The van der Waals surface area contributed by atoms with Gasteiger partial charge in [-0.1, -0.05) is 54.1 Å². The fraction of sp³-hybridized carbons (Fsp3) is 0.333. The van der Waals surface area contributed by atoms with Crippen molar-refractivity contribution in [3.8, 4) is 0 Å². The van der Waals surface area contributed by atoms with Crippen LogP contribution in [0.2, 0.25) is 5.02 Å². The summed E-state index contributed by atoms with van der Waals surface area (Å²) in [5, 5.41) is 9.74. The number of likely N-dealkylation sites (N-methyl/N-ethyl adjacent to an activating group) is 1. The summed E-state index contributed by atoms with van der Waals surface area (Å²) in [5.41, 5.74) is 1.84. The molecule has 0 aliphatic carbocycles. The van der Waals surface area contributed by atoms with Crippen molar-refractivity contribution in [1.29, 1.82) is 0 Å². The number of hydrogen-bond acceptors (Lipinski definition) is 3. The Morgan fingerprint density at radius 2 is 1.78 bits per heavy atom. The topological polar surface area (TPSA) is 60.9 Å². The molecule has 3 rings (SSSR count). The predicted molar refractivity (Wildman–Crippen MR) is 104 cm³/mol. The minimum Gasteiger partial charge on any atom is -0.396 e. The quantitative estimate of drug-likeness (QED) is 0.830.